The van der Waals surface area contributed by atoms with Crippen molar-refractivity contribution in [1.29, 1.82) is 0 Å². The Morgan fingerprint density at radius 1 is 0.754 bits per heavy atom. The van der Waals surface area contributed by atoms with Crippen LogP contribution in [0.25, 0.3) is 22.3 Å². The maximum Gasteiger partial charge on any atom is 1.00 e. The van der Waals surface area contributed by atoms with E-state index in [0.717, 1.165) is 22.3 Å². The topological polar surface area (TPSA) is 243 Å². The Morgan fingerprint density at radius 3 is 1.57 bits per heavy atom. The molecule has 0 spiro atoms. The van der Waals surface area contributed by atoms with Crippen LogP contribution in [0.15, 0.2) is 82.5 Å². The van der Waals surface area contributed by atoms with Gasteiger partial charge in [0.15, 0.2) is 0 Å². The number of rotatable bonds is 11. The molecule has 0 aliphatic carbocycles. The van der Waals surface area contributed by atoms with Gasteiger partial charge >= 0.3 is 115 Å². The molecular formula is C38H42Br2Cl3FK2N10O7P2. The standard InChI is InChI=1S/C18H18BrClN5O2P.C14H18N3O2P.C4HBrCl2N2.CH3F.CH2O3.2K.H/c1-4-27-18-22-8-12(9-23-18)11-5-6-14(15(7-11)28(2,3)26)24-16-13(19)10-21-17(20)25-16;1-4-19-14-16-8-11(9-17-14)10-5-6-12(15)13(7-10)20(2,3)18;5-2-1-8-4(7)9-3(2)6;1-2;2-1-4-3;;;/h5-10H,4H2,1-3H3,(H,21,24,25);5-9H,4,15H2,1-3H3;1H;1H3;1,3H;;;/q;;;;;2*+1;-1/p-1/i;;;1D;;;;. The van der Waals surface area contributed by atoms with E-state index in [1.165, 1.54) is 6.20 Å². The average molecular weight is 1180 g/mol. The second-order valence-electron chi connectivity index (χ2n) is 12.5. The smallest absolute Gasteiger partial charge is 1.00 e. The summed E-state index contributed by atoms with van der Waals surface area (Å²) < 4.78 is 52.4. The molecule has 0 atom stereocenters. The fourth-order valence-corrected chi connectivity index (χ4v) is 7.90. The van der Waals surface area contributed by atoms with Crippen molar-refractivity contribution in [3.05, 3.63) is 98.2 Å². The molecule has 3 N–H and O–H groups in total. The van der Waals surface area contributed by atoms with Gasteiger partial charge in [0.2, 0.25) is 10.6 Å². The first kappa shape index (κ1) is 61.9. The summed E-state index contributed by atoms with van der Waals surface area (Å²) in [4.78, 5) is 43.3. The molecule has 6 aromatic rings. The molecule has 27 heteroatoms. The predicted octanol–water partition coefficient (Wildman–Crippen LogP) is 2.80. The van der Waals surface area contributed by atoms with Crippen molar-refractivity contribution in [2.75, 3.05) is 58.1 Å². The van der Waals surface area contributed by atoms with Crippen molar-refractivity contribution in [2.24, 2.45) is 0 Å². The van der Waals surface area contributed by atoms with Gasteiger partial charge < -0.3 is 41.2 Å². The zero-order valence-corrected chi connectivity index (χ0v) is 49.8. The second kappa shape index (κ2) is 32.6. The Bertz CT molecular complexity index is 2540. The van der Waals surface area contributed by atoms with Crippen LogP contribution in [0.4, 0.5) is 21.6 Å². The molecule has 0 fully saturated rings. The minimum Gasteiger partial charge on any atom is -1.00 e. The van der Waals surface area contributed by atoms with Gasteiger partial charge in [0, 0.05) is 64.6 Å². The third-order valence-electron chi connectivity index (χ3n) is 7.34. The van der Waals surface area contributed by atoms with E-state index in [9.17, 15) is 13.5 Å². The maximum atomic E-state index is 12.9. The van der Waals surface area contributed by atoms with Crippen LogP contribution in [0.2, 0.25) is 15.7 Å². The van der Waals surface area contributed by atoms with Crippen LogP contribution in [0.5, 0.6) is 12.0 Å². The normalized spacial score (nSPS) is 10.3. The first-order chi connectivity index (χ1) is 30.2. The van der Waals surface area contributed by atoms with Gasteiger partial charge in [0.1, 0.15) is 25.3 Å². The minimum atomic E-state index is -2.61. The van der Waals surface area contributed by atoms with Gasteiger partial charge in [-0.15, -0.1) is 0 Å². The minimum absolute atomic E-state index is 0. The molecule has 340 valence electrons. The summed E-state index contributed by atoms with van der Waals surface area (Å²) in [5.74, 6) is 0.492. The monoisotopic (exact) mass is 1170 g/mol. The van der Waals surface area contributed by atoms with Gasteiger partial charge in [-0.2, -0.15) is 4.98 Å². The molecule has 0 amide bonds. The van der Waals surface area contributed by atoms with Gasteiger partial charge in [0.05, 0.1) is 36.4 Å². The summed E-state index contributed by atoms with van der Waals surface area (Å²) in [7, 11) is -6.02. The number of hydrogen-bond donors (Lipinski definition) is 2. The summed E-state index contributed by atoms with van der Waals surface area (Å²) in [5, 5.41) is 13.6. The molecule has 0 aliphatic rings. The molecule has 4 heterocycles. The molecule has 2 aromatic carbocycles. The molecule has 4 aromatic heterocycles. The number of ether oxygens (including phenoxy) is 2. The molecule has 0 radical (unpaired) electrons. The van der Waals surface area contributed by atoms with Gasteiger partial charge in [-0.3, -0.25) is 9.18 Å². The average Bonchev–Trinajstić information content (AvgIpc) is 3.25. The molecule has 0 saturated heterocycles. The predicted molar refractivity (Wildman–Crippen MR) is 253 cm³/mol. The summed E-state index contributed by atoms with van der Waals surface area (Å²) in [6, 6.07) is 11.8. The van der Waals surface area contributed by atoms with Crippen molar-refractivity contribution in [2.45, 2.75) is 13.8 Å². The van der Waals surface area contributed by atoms with Crippen LogP contribution in [0.3, 0.4) is 0 Å². The van der Waals surface area contributed by atoms with Crippen molar-refractivity contribution in [3.63, 3.8) is 0 Å². The van der Waals surface area contributed by atoms with Crippen molar-refractivity contribution < 1.29 is 144 Å². The summed E-state index contributed by atoms with van der Waals surface area (Å²) in [6.45, 7) is 11.4. The number of hydrogen-bond acceptors (Lipinski definition) is 17. The number of anilines is 3. The molecule has 6 rings (SSSR count). The van der Waals surface area contributed by atoms with Gasteiger partial charge in [-0.1, -0.05) is 23.7 Å². The van der Waals surface area contributed by atoms with Crippen LogP contribution < -0.4 is 139 Å². The quantitative estimate of drug-likeness (QED) is 0.0277. The van der Waals surface area contributed by atoms with Gasteiger partial charge in [-0.05, 0) is 131 Å². The zero-order valence-electron chi connectivity index (χ0n) is 38.3. The Morgan fingerprint density at radius 2 is 1.17 bits per heavy atom. The zero-order chi connectivity index (χ0) is 48.0. The van der Waals surface area contributed by atoms with Crippen LogP contribution in [-0.2, 0) is 18.8 Å². The van der Waals surface area contributed by atoms with Crippen LogP contribution in [0.1, 0.15) is 16.6 Å². The molecule has 0 aliphatic heterocycles. The molecule has 17 nitrogen and oxygen atoms in total. The molecule has 0 bridgehead atoms. The van der Waals surface area contributed by atoms with Crippen molar-refractivity contribution in [3.8, 4) is 34.3 Å². The number of alkyl halides is 1. The number of carbonyl (C=O) groups excluding carboxylic acids is 1. The van der Waals surface area contributed by atoms with Crippen molar-refractivity contribution in [1.82, 2.24) is 39.9 Å². The third kappa shape index (κ3) is 22.5. The summed E-state index contributed by atoms with van der Waals surface area (Å²) in [6.07, 6.45) is 9.79. The number of nitrogens with two attached hydrogens (primary N) is 1. The van der Waals surface area contributed by atoms with Crippen LogP contribution >= 0.6 is 80.9 Å². The Labute approximate surface area is 495 Å². The maximum absolute atomic E-state index is 12.9. The largest absolute Gasteiger partial charge is 1.00 e. The third-order valence-corrected chi connectivity index (χ3v) is 12.5. The van der Waals surface area contributed by atoms with E-state index in [0.29, 0.717) is 67.1 Å². The first-order valence-corrected chi connectivity index (χ1v) is 25.6. The molecular weight excluding hydrogens is 1130 g/mol. The van der Waals surface area contributed by atoms with E-state index in [1.807, 2.05) is 44.2 Å². The number of aromatic nitrogens is 8. The Kier molecular flexibility index (Phi) is 31.1. The fourth-order valence-electron chi connectivity index (χ4n) is 4.68. The molecule has 0 saturated carbocycles. The number of nitrogens with zero attached hydrogens (tertiary/aromatic N) is 8. The van der Waals surface area contributed by atoms with E-state index in [-0.39, 0.29) is 121 Å². The van der Waals surface area contributed by atoms with E-state index < -0.39 is 21.4 Å². The van der Waals surface area contributed by atoms with Crippen LogP contribution in [-0.4, -0.2) is 93.4 Å². The van der Waals surface area contributed by atoms with Gasteiger partial charge in [-0.25, -0.2) is 34.9 Å². The molecule has 0 unspecified atom stereocenters. The number of nitrogen functional groups attached to an aromatic ring is 1. The second-order valence-corrected chi connectivity index (χ2v) is 21.6. The summed E-state index contributed by atoms with van der Waals surface area (Å²) in [5.41, 5.74) is 10.5. The molecule has 65 heavy (non-hydrogen) atoms. The number of nitrogens with one attached hydrogen (secondary N) is 1. The Hall–Kier alpha value is -1.12. The van der Waals surface area contributed by atoms with E-state index >= 15 is 0 Å². The summed E-state index contributed by atoms with van der Waals surface area (Å²) >= 11 is 23.3. The van der Waals surface area contributed by atoms with Crippen molar-refractivity contribution >= 4 is 115 Å². The SMILES string of the molecule is CCOc1ncc(-c2ccc(N)c(P(C)(C)=O)c2)cn1.CCOc1ncc(-c2ccc(Nc3nc(Cl)ncc3Br)c(P(C)(C)=O)c2)cn1.Clc1ncc(Br)c(Cl)n1.O=CO[O-].[2H]CF.[H-].[K+].[K+]. The number of halogens is 6. The first-order valence-electron chi connectivity index (χ1n) is 18.3. The van der Waals surface area contributed by atoms with Crippen LogP contribution in [0, 0.1) is 0 Å². The fraction of sp³-hybridized carbons (Fsp3) is 0.237. The number of benzene rings is 2. The number of carbonyl (C=O) groups is 1. The van der Waals surface area contributed by atoms with E-state index in [2.05, 4.69) is 81.9 Å². The van der Waals surface area contributed by atoms with E-state index in [1.54, 1.807) is 63.7 Å². The van der Waals surface area contributed by atoms with Gasteiger partial charge in [0.25, 0.3) is 6.47 Å². The van der Waals surface area contributed by atoms with E-state index in [4.69, 9.17) is 61.4 Å². The Balaban J connectivity index is 0.